The number of benzene rings is 1. The van der Waals surface area contributed by atoms with Crippen molar-refractivity contribution in [2.45, 2.75) is 46.3 Å². The van der Waals surface area contributed by atoms with Gasteiger partial charge < -0.3 is 9.72 Å². The standard InChI is InChI=1S/C21H23N5O4/c1-12-18(14(3)27)13(2)23-19(12)20(28)15(4)30-21(29)17(26-11-22-24-25-26)10-16-8-6-5-7-9-16/h5-9,11,15,17,23H,10H2,1-4H3/t15-,17-/m0/s1. The summed E-state index contributed by atoms with van der Waals surface area (Å²) in [7, 11) is 0. The van der Waals surface area contributed by atoms with Gasteiger partial charge in [0, 0.05) is 17.7 Å². The zero-order chi connectivity index (χ0) is 21.8. The first-order valence-corrected chi connectivity index (χ1v) is 9.50. The second-order valence-electron chi connectivity index (χ2n) is 7.12. The molecule has 156 valence electrons. The van der Waals surface area contributed by atoms with E-state index in [4.69, 9.17) is 4.74 Å². The van der Waals surface area contributed by atoms with Gasteiger partial charge in [-0.05, 0) is 49.2 Å². The molecule has 0 amide bonds. The van der Waals surface area contributed by atoms with Gasteiger partial charge in [0.25, 0.3) is 0 Å². The number of H-pyrrole nitrogens is 1. The maximum Gasteiger partial charge on any atom is 0.332 e. The Balaban J connectivity index is 1.79. The van der Waals surface area contributed by atoms with E-state index in [0.29, 0.717) is 23.2 Å². The van der Waals surface area contributed by atoms with Gasteiger partial charge in [-0.25, -0.2) is 9.48 Å². The van der Waals surface area contributed by atoms with Crippen molar-refractivity contribution in [2.75, 3.05) is 0 Å². The van der Waals surface area contributed by atoms with Gasteiger partial charge in [-0.15, -0.1) is 5.10 Å². The molecule has 9 nitrogen and oxygen atoms in total. The number of nitrogens with one attached hydrogen (secondary N) is 1. The van der Waals surface area contributed by atoms with Crippen LogP contribution in [0, 0.1) is 13.8 Å². The molecule has 9 heteroatoms. The van der Waals surface area contributed by atoms with Crippen LogP contribution < -0.4 is 0 Å². The molecule has 0 aliphatic rings. The van der Waals surface area contributed by atoms with Crippen molar-refractivity contribution < 1.29 is 19.1 Å². The van der Waals surface area contributed by atoms with Gasteiger partial charge in [0.2, 0.25) is 5.78 Å². The van der Waals surface area contributed by atoms with E-state index in [2.05, 4.69) is 20.5 Å². The summed E-state index contributed by atoms with van der Waals surface area (Å²) in [6.45, 7) is 6.37. The molecular weight excluding hydrogens is 386 g/mol. The van der Waals surface area contributed by atoms with Gasteiger partial charge in [-0.1, -0.05) is 30.3 Å². The van der Waals surface area contributed by atoms with Crippen molar-refractivity contribution in [1.29, 1.82) is 0 Å². The van der Waals surface area contributed by atoms with E-state index in [0.717, 1.165) is 5.56 Å². The Morgan fingerprint density at radius 3 is 2.43 bits per heavy atom. The second-order valence-corrected chi connectivity index (χ2v) is 7.12. The maximum atomic E-state index is 12.9. The van der Waals surface area contributed by atoms with Gasteiger partial charge in [-0.2, -0.15) is 0 Å². The molecule has 30 heavy (non-hydrogen) atoms. The predicted molar refractivity (Wildman–Crippen MR) is 107 cm³/mol. The van der Waals surface area contributed by atoms with E-state index >= 15 is 0 Å². The largest absolute Gasteiger partial charge is 0.453 e. The highest BCUT2D eigenvalue weighted by atomic mass is 16.5. The summed E-state index contributed by atoms with van der Waals surface area (Å²) in [4.78, 5) is 40.6. The molecule has 2 atom stereocenters. The average Bonchev–Trinajstić information content (AvgIpc) is 3.34. The molecule has 2 aromatic heterocycles. The number of rotatable bonds is 8. The van der Waals surface area contributed by atoms with Crippen LogP contribution in [0.15, 0.2) is 36.7 Å². The fourth-order valence-corrected chi connectivity index (χ4v) is 3.47. The Bertz CT molecular complexity index is 1060. The van der Waals surface area contributed by atoms with Crippen molar-refractivity contribution >= 4 is 17.5 Å². The van der Waals surface area contributed by atoms with Crippen LogP contribution in [0.3, 0.4) is 0 Å². The molecule has 0 spiro atoms. The number of aromatic amines is 1. The number of carbonyl (C=O) groups is 3. The third-order valence-electron chi connectivity index (χ3n) is 4.93. The molecule has 0 saturated carbocycles. The average molecular weight is 409 g/mol. The maximum absolute atomic E-state index is 12.9. The molecule has 0 radical (unpaired) electrons. The van der Waals surface area contributed by atoms with Gasteiger partial charge in [0.1, 0.15) is 6.33 Å². The van der Waals surface area contributed by atoms with E-state index < -0.39 is 23.9 Å². The molecule has 1 N–H and O–H groups in total. The highest BCUT2D eigenvalue weighted by molar-refractivity contribution is 6.05. The minimum absolute atomic E-state index is 0.133. The molecule has 3 rings (SSSR count). The summed E-state index contributed by atoms with van der Waals surface area (Å²) in [6, 6.07) is 8.56. The predicted octanol–water partition coefficient (Wildman–Crippen LogP) is 2.42. The fourth-order valence-electron chi connectivity index (χ4n) is 3.47. The Labute approximate surface area is 173 Å². The first kappa shape index (κ1) is 21.1. The fraction of sp³-hybridized carbons (Fsp3) is 0.333. The number of Topliss-reactive ketones (excluding diaryl/α,β-unsaturated/α-hetero) is 2. The van der Waals surface area contributed by atoms with Crippen LogP contribution in [0.5, 0.6) is 0 Å². The zero-order valence-electron chi connectivity index (χ0n) is 17.2. The SMILES string of the molecule is CC(=O)c1c(C)[nH]c(C(=O)[C@H](C)OC(=O)[C@H](Cc2ccccc2)n2cnnn2)c1C. The highest BCUT2D eigenvalue weighted by Gasteiger charge is 2.30. The van der Waals surface area contributed by atoms with Crippen LogP contribution >= 0.6 is 0 Å². The number of aromatic nitrogens is 5. The topological polar surface area (TPSA) is 120 Å². The van der Waals surface area contributed by atoms with Crippen LogP contribution in [0.25, 0.3) is 0 Å². The Kier molecular flexibility index (Phi) is 6.20. The molecule has 2 heterocycles. The third kappa shape index (κ3) is 4.35. The van der Waals surface area contributed by atoms with Gasteiger partial charge >= 0.3 is 5.97 Å². The minimum atomic E-state index is -1.05. The van der Waals surface area contributed by atoms with Crippen molar-refractivity contribution in [3.8, 4) is 0 Å². The molecular formula is C21H23N5O4. The molecule has 0 fully saturated rings. The number of carbonyl (C=O) groups excluding carboxylic acids is 3. The summed E-state index contributed by atoms with van der Waals surface area (Å²) in [5, 5.41) is 11.0. The van der Waals surface area contributed by atoms with Crippen molar-refractivity contribution in [3.05, 3.63) is 64.7 Å². The van der Waals surface area contributed by atoms with Crippen molar-refractivity contribution in [2.24, 2.45) is 0 Å². The lowest BCUT2D eigenvalue weighted by Crippen LogP contribution is -2.31. The van der Waals surface area contributed by atoms with Gasteiger partial charge in [-0.3, -0.25) is 9.59 Å². The molecule has 0 bridgehead atoms. The Hall–Kier alpha value is -3.62. The van der Waals surface area contributed by atoms with Crippen molar-refractivity contribution in [1.82, 2.24) is 25.2 Å². The van der Waals surface area contributed by atoms with E-state index in [1.165, 1.54) is 24.9 Å². The van der Waals surface area contributed by atoms with E-state index in [1.54, 1.807) is 13.8 Å². The zero-order valence-corrected chi connectivity index (χ0v) is 17.2. The quantitative estimate of drug-likeness (QED) is 0.448. The number of hydrogen-bond acceptors (Lipinski definition) is 7. The monoisotopic (exact) mass is 409 g/mol. The molecule has 0 aliphatic heterocycles. The number of ketones is 2. The van der Waals surface area contributed by atoms with Crippen LogP contribution in [-0.2, 0) is 16.0 Å². The molecule has 0 saturated heterocycles. The number of aryl methyl sites for hydroxylation is 1. The summed E-state index contributed by atoms with van der Waals surface area (Å²) in [6.07, 6.45) is 0.587. The number of hydrogen-bond donors (Lipinski definition) is 1. The first-order chi connectivity index (χ1) is 14.3. The summed E-state index contributed by atoms with van der Waals surface area (Å²) >= 11 is 0. The number of esters is 1. The van der Waals surface area contributed by atoms with E-state index in [1.807, 2.05) is 30.3 Å². The van der Waals surface area contributed by atoms with Crippen LogP contribution in [0.1, 0.15) is 57.6 Å². The van der Waals surface area contributed by atoms with E-state index in [9.17, 15) is 14.4 Å². The minimum Gasteiger partial charge on any atom is -0.453 e. The van der Waals surface area contributed by atoms with Crippen molar-refractivity contribution in [3.63, 3.8) is 0 Å². The lowest BCUT2D eigenvalue weighted by molar-refractivity contribution is -0.150. The summed E-state index contributed by atoms with van der Waals surface area (Å²) in [5.74, 6) is -1.17. The van der Waals surface area contributed by atoms with Gasteiger partial charge in [0.15, 0.2) is 17.9 Å². The lowest BCUT2D eigenvalue weighted by atomic mass is 10.0. The highest BCUT2D eigenvalue weighted by Crippen LogP contribution is 2.22. The summed E-state index contributed by atoms with van der Waals surface area (Å²) in [5.41, 5.74) is 2.80. The first-order valence-electron chi connectivity index (χ1n) is 9.50. The Morgan fingerprint density at radius 2 is 1.87 bits per heavy atom. The second kappa shape index (κ2) is 8.81. The molecule has 3 aromatic rings. The number of ether oxygens (including phenoxy) is 1. The molecule has 0 unspecified atom stereocenters. The normalized spacial score (nSPS) is 12.9. The smallest absolute Gasteiger partial charge is 0.332 e. The van der Waals surface area contributed by atoms with E-state index in [-0.39, 0.29) is 11.5 Å². The summed E-state index contributed by atoms with van der Waals surface area (Å²) < 4.78 is 6.79. The Morgan fingerprint density at radius 1 is 1.17 bits per heavy atom. The molecule has 1 aromatic carbocycles. The number of nitrogens with zero attached hydrogens (tertiary/aromatic N) is 4. The molecule has 0 aliphatic carbocycles. The number of tetrazole rings is 1. The third-order valence-corrected chi connectivity index (χ3v) is 4.93. The lowest BCUT2D eigenvalue weighted by Gasteiger charge is -2.18. The van der Waals surface area contributed by atoms with Crippen LogP contribution in [-0.4, -0.2) is 48.8 Å². The van der Waals surface area contributed by atoms with Gasteiger partial charge in [0.05, 0.1) is 5.69 Å². The van der Waals surface area contributed by atoms with Crippen LogP contribution in [0.4, 0.5) is 0 Å². The van der Waals surface area contributed by atoms with Crippen LogP contribution in [0.2, 0.25) is 0 Å².